The summed E-state index contributed by atoms with van der Waals surface area (Å²) < 4.78 is 18.1. The summed E-state index contributed by atoms with van der Waals surface area (Å²) in [6.45, 7) is 2.14. The van der Waals surface area contributed by atoms with Crippen LogP contribution in [0.2, 0.25) is 0 Å². The van der Waals surface area contributed by atoms with Gasteiger partial charge in [0.2, 0.25) is 0 Å². The van der Waals surface area contributed by atoms with Crippen molar-refractivity contribution in [2.45, 2.75) is 25.3 Å². The van der Waals surface area contributed by atoms with Crippen LogP contribution in [0.15, 0.2) is 37.1 Å². The first-order valence-electron chi connectivity index (χ1n) is 8.41. The molecule has 0 radical (unpaired) electrons. The highest BCUT2D eigenvalue weighted by Crippen LogP contribution is 2.29. The second-order valence-corrected chi connectivity index (χ2v) is 6.36. The summed E-state index contributed by atoms with van der Waals surface area (Å²) in [5, 5.41) is 8.75. The van der Waals surface area contributed by atoms with Gasteiger partial charge in [0.05, 0.1) is 12.9 Å². The molecule has 1 aliphatic rings. The van der Waals surface area contributed by atoms with Crippen LogP contribution in [0, 0.1) is 5.82 Å². The molecule has 25 heavy (non-hydrogen) atoms. The quantitative estimate of drug-likeness (QED) is 0.726. The summed E-state index contributed by atoms with van der Waals surface area (Å²) in [6.07, 6.45) is 9.04. The summed E-state index contributed by atoms with van der Waals surface area (Å²) in [4.78, 5) is 10.3. The number of piperidine rings is 1. The second kappa shape index (κ2) is 6.62. The molecule has 7 nitrogen and oxygen atoms in total. The molecule has 0 spiro atoms. The standard InChI is InChI=1S/C17H20FN7/c1-23-15(11-24-9-7-19-12-24)21-22-16(23)13-4-3-8-25(10-13)17-14(18)5-2-6-20-17/h2,5-7,9,12-13H,3-4,8,10-11H2,1H3/t13-/m1/s1. The molecule has 3 aromatic rings. The first-order valence-corrected chi connectivity index (χ1v) is 8.41. The Morgan fingerprint density at radius 2 is 2.20 bits per heavy atom. The fourth-order valence-corrected chi connectivity index (χ4v) is 3.40. The lowest BCUT2D eigenvalue weighted by molar-refractivity contribution is 0.469. The summed E-state index contributed by atoms with van der Waals surface area (Å²) >= 11 is 0. The Bertz CT molecular complexity index is 843. The molecule has 0 aliphatic carbocycles. The van der Waals surface area contributed by atoms with Crippen molar-refractivity contribution in [2.75, 3.05) is 18.0 Å². The van der Waals surface area contributed by atoms with E-state index in [-0.39, 0.29) is 11.7 Å². The van der Waals surface area contributed by atoms with Gasteiger partial charge in [0.15, 0.2) is 17.5 Å². The first kappa shape index (κ1) is 15.7. The van der Waals surface area contributed by atoms with Crippen LogP contribution < -0.4 is 4.90 Å². The number of imidazole rings is 1. The topological polar surface area (TPSA) is 64.7 Å². The molecule has 1 fully saturated rings. The van der Waals surface area contributed by atoms with Gasteiger partial charge >= 0.3 is 0 Å². The van der Waals surface area contributed by atoms with Crippen molar-refractivity contribution in [3.8, 4) is 0 Å². The van der Waals surface area contributed by atoms with Crippen LogP contribution in [0.25, 0.3) is 0 Å². The van der Waals surface area contributed by atoms with Crippen molar-refractivity contribution >= 4 is 5.82 Å². The van der Waals surface area contributed by atoms with Crippen LogP contribution >= 0.6 is 0 Å². The molecule has 0 bridgehead atoms. The van der Waals surface area contributed by atoms with Crippen molar-refractivity contribution in [2.24, 2.45) is 7.05 Å². The number of anilines is 1. The van der Waals surface area contributed by atoms with E-state index in [0.29, 0.717) is 18.9 Å². The van der Waals surface area contributed by atoms with Crippen molar-refractivity contribution in [1.29, 1.82) is 0 Å². The first-order chi connectivity index (χ1) is 12.2. The number of hydrogen-bond acceptors (Lipinski definition) is 5. The Balaban J connectivity index is 1.54. The zero-order valence-corrected chi connectivity index (χ0v) is 14.1. The van der Waals surface area contributed by atoms with E-state index in [4.69, 9.17) is 0 Å². The molecule has 4 heterocycles. The van der Waals surface area contributed by atoms with E-state index < -0.39 is 0 Å². The number of halogens is 1. The highest BCUT2D eigenvalue weighted by Gasteiger charge is 2.27. The van der Waals surface area contributed by atoms with E-state index in [1.54, 1.807) is 24.8 Å². The van der Waals surface area contributed by atoms with Gasteiger partial charge in [-0.25, -0.2) is 14.4 Å². The maximum Gasteiger partial charge on any atom is 0.165 e. The van der Waals surface area contributed by atoms with Crippen LogP contribution in [0.4, 0.5) is 10.2 Å². The number of pyridine rings is 1. The van der Waals surface area contributed by atoms with Crippen LogP contribution in [0.1, 0.15) is 30.4 Å². The van der Waals surface area contributed by atoms with Crippen molar-refractivity contribution in [1.82, 2.24) is 29.3 Å². The van der Waals surface area contributed by atoms with Gasteiger partial charge < -0.3 is 14.0 Å². The smallest absolute Gasteiger partial charge is 0.165 e. The molecule has 1 saturated heterocycles. The molecule has 0 unspecified atom stereocenters. The van der Waals surface area contributed by atoms with Gasteiger partial charge in [-0.05, 0) is 25.0 Å². The molecule has 0 amide bonds. The van der Waals surface area contributed by atoms with E-state index in [0.717, 1.165) is 31.0 Å². The summed E-state index contributed by atoms with van der Waals surface area (Å²) in [5.41, 5.74) is 0. The molecular weight excluding hydrogens is 321 g/mol. The number of hydrogen-bond donors (Lipinski definition) is 0. The average Bonchev–Trinajstić information content (AvgIpc) is 3.27. The lowest BCUT2D eigenvalue weighted by Gasteiger charge is -2.33. The van der Waals surface area contributed by atoms with E-state index >= 15 is 0 Å². The molecule has 8 heteroatoms. The van der Waals surface area contributed by atoms with Gasteiger partial charge in [-0.1, -0.05) is 0 Å². The third-order valence-corrected chi connectivity index (χ3v) is 4.71. The summed E-state index contributed by atoms with van der Waals surface area (Å²) in [6, 6.07) is 3.07. The molecule has 0 saturated carbocycles. The summed E-state index contributed by atoms with van der Waals surface area (Å²) in [7, 11) is 1.99. The Hall–Kier alpha value is -2.77. The Morgan fingerprint density at radius 1 is 1.28 bits per heavy atom. The fourth-order valence-electron chi connectivity index (χ4n) is 3.40. The summed E-state index contributed by atoms with van der Waals surface area (Å²) in [5.74, 6) is 2.18. The lowest BCUT2D eigenvalue weighted by Crippen LogP contribution is -2.36. The van der Waals surface area contributed by atoms with E-state index in [1.165, 1.54) is 6.07 Å². The monoisotopic (exact) mass is 341 g/mol. The van der Waals surface area contributed by atoms with Gasteiger partial charge in [-0.2, -0.15) is 0 Å². The SMILES string of the molecule is Cn1c(Cn2ccnc2)nnc1[C@@H]1CCCN(c2ncccc2F)C1. The van der Waals surface area contributed by atoms with Gasteiger partial charge in [0, 0.05) is 44.6 Å². The van der Waals surface area contributed by atoms with Gasteiger partial charge in [-0.3, -0.25) is 0 Å². The van der Waals surface area contributed by atoms with Crippen LogP contribution in [-0.2, 0) is 13.6 Å². The largest absolute Gasteiger partial charge is 0.353 e. The van der Waals surface area contributed by atoms with E-state index in [2.05, 4.69) is 20.2 Å². The fraction of sp³-hybridized carbons (Fsp3) is 0.412. The Kier molecular flexibility index (Phi) is 4.17. The minimum absolute atomic E-state index is 0.212. The maximum atomic E-state index is 14.1. The van der Waals surface area contributed by atoms with E-state index in [1.807, 2.05) is 27.3 Å². The normalized spacial score (nSPS) is 17.8. The number of nitrogens with zero attached hydrogens (tertiary/aromatic N) is 7. The molecule has 1 atom stereocenters. The van der Waals surface area contributed by atoms with Crippen molar-refractivity contribution in [3.05, 3.63) is 54.5 Å². The molecule has 0 aromatic carbocycles. The highest BCUT2D eigenvalue weighted by molar-refractivity contribution is 5.40. The molecule has 130 valence electrons. The maximum absolute atomic E-state index is 14.1. The van der Waals surface area contributed by atoms with Gasteiger partial charge in [0.25, 0.3) is 0 Å². The third kappa shape index (κ3) is 3.11. The van der Waals surface area contributed by atoms with Gasteiger partial charge in [-0.15, -0.1) is 10.2 Å². The second-order valence-electron chi connectivity index (χ2n) is 6.36. The Morgan fingerprint density at radius 3 is 3.00 bits per heavy atom. The third-order valence-electron chi connectivity index (χ3n) is 4.71. The number of aromatic nitrogens is 6. The molecule has 0 N–H and O–H groups in total. The van der Waals surface area contributed by atoms with Crippen LogP contribution in [-0.4, -0.2) is 42.4 Å². The molecule has 3 aromatic heterocycles. The van der Waals surface area contributed by atoms with Crippen molar-refractivity contribution < 1.29 is 4.39 Å². The minimum Gasteiger partial charge on any atom is -0.353 e. The van der Waals surface area contributed by atoms with Crippen LogP contribution in [0.3, 0.4) is 0 Å². The van der Waals surface area contributed by atoms with Gasteiger partial charge in [0.1, 0.15) is 5.82 Å². The molecule has 4 rings (SSSR count). The number of rotatable bonds is 4. The zero-order chi connectivity index (χ0) is 17.2. The van der Waals surface area contributed by atoms with Crippen molar-refractivity contribution in [3.63, 3.8) is 0 Å². The van der Waals surface area contributed by atoms with Crippen LogP contribution in [0.5, 0.6) is 0 Å². The highest BCUT2D eigenvalue weighted by atomic mass is 19.1. The Labute approximate surface area is 145 Å². The van der Waals surface area contributed by atoms with E-state index in [9.17, 15) is 4.39 Å². The minimum atomic E-state index is -0.276. The zero-order valence-electron chi connectivity index (χ0n) is 14.1. The molecular formula is C17H20FN7. The molecule has 1 aliphatic heterocycles. The predicted octanol–water partition coefficient (Wildman–Crippen LogP) is 1.98. The predicted molar refractivity (Wildman–Crippen MR) is 90.7 cm³/mol. The lowest BCUT2D eigenvalue weighted by atomic mass is 9.97. The average molecular weight is 341 g/mol.